The highest BCUT2D eigenvalue weighted by molar-refractivity contribution is 6.25. The average molecular weight is 676 g/mol. The summed E-state index contributed by atoms with van der Waals surface area (Å²) in [4.78, 5) is 15.2. The van der Waals surface area contributed by atoms with E-state index in [1.807, 2.05) is 36.4 Å². The Kier molecular flexibility index (Phi) is 6.52. The first-order chi connectivity index (χ1) is 26.2. The van der Waals surface area contributed by atoms with Crippen LogP contribution >= 0.6 is 0 Å². The average Bonchev–Trinajstić information content (AvgIpc) is 3.24. The van der Waals surface area contributed by atoms with Crippen LogP contribution in [0.25, 0.3) is 99.5 Å². The van der Waals surface area contributed by atoms with Gasteiger partial charge in [0.15, 0.2) is 17.5 Å². The number of fused-ring (bicyclic) bond motifs is 8. The normalized spacial score (nSPS) is 11.9. The summed E-state index contributed by atoms with van der Waals surface area (Å²) in [5.41, 5.74) is 7.29. The molecule has 1 aliphatic rings. The molecule has 0 N–H and O–H groups in total. The molecule has 0 radical (unpaired) electrons. The molecule has 4 nitrogen and oxygen atoms in total. The molecular formula is C49H29N3O. The maximum atomic E-state index is 6.46. The smallest absolute Gasteiger partial charge is 0.164 e. The van der Waals surface area contributed by atoms with E-state index in [-0.39, 0.29) is 0 Å². The van der Waals surface area contributed by atoms with Gasteiger partial charge in [0.2, 0.25) is 0 Å². The van der Waals surface area contributed by atoms with Gasteiger partial charge < -0.3 is 4.74 Å². The van der Waals surface area contributed by atoms with Crippen molar-refractivity contribution in [2.24, 2.45) is 0 Å². The fourth-order valence-corrected chi connectivity index (χ4v) is 7.95. The Bertz CT molecular complexity index is 3040. The van der Waals surface area contributed by atoms with Crippen LogP contribution in [0, 0.1) is 0 Å². The molecule has 53 heavy (non-hydrogen) atoms. The Balaban J connectivity index is 1.01. The molecule has 4 heteroatoms. The lowest BCUT2D eigenvalue weighted by atomic mass is 9.93. The monoisotopic (exact) mass is 675 g/mol. The Morgan fingerprint density at radius 1 is 0.302 bits per heavy atom. The first kappa shape index (κ1) is 29.5. The fraction of sp³-hybridized carbons (Fsp3) is 0. The van der Waals surface area contributed by atoms with Crippen LogP contribution in [0.2, 0.25) is 0 Å². The molecule has 10 aromatic rings. The van der Waals surface area contributed by atoms with Gasteiger partial charge in [-0.05, 0) is 78.7 Å². The van der Waals surface area contributed by atoms with Gasteiger partial charge in [0, 0.05) is 27.6 Å². The van der Waals surface area contributed by atoms with E-state index in [1.54, 1.807) is 0 Å². The van der Waals surface area contributed by atoms with Crippen LogP contribution in [0.3, 0.4) is 0 Å². The minimum Gasteiger partial charge on any atom is -0.456 e. The zero-order valence-corrected chi connectivity index (χ0v) is 28.5. The summed E-state index contributed by atoms with van der Waals surface area (Å²) < 4.78 is 6.46. The third kappa shape index (κ3) is 4.80. The van der Waals surface area contributed by atoms with Crippen molar-refractivity contribution in [3.05, 3.63) is 176 Å². The number of nitrogens with zero attached hydrogens (tertiary/aromatic N) is 3. The number of hydrogen-bond donors (Lipinski definition) is 0. The summed E-state index contributed by atoms with van der Waals surface area (Å²) in [5, 5.41) is 9.69. The Labute approximate surface area is 305 Å². The molecule has 11 rings (SSSR count). The summed E-state index contributed by atoms with van der Waals surface area (Å²) in [7, 11) is 0. The molecule has 0 amide bonds. The molecule has 2 heterocycles. The number of ether oxygens (including phenoxy) is 1. The summed E-state index contributed by atoms with van der Waals surface area (Å²) in [6.45, 7) is 0. The molecule has 0 bridgehead atoms. The standard InChI is InChI=1S/C49H29N3O/c1-2-10-32(11-3-1)47-50-48(52-49(51-47)35-25-26-40-38-16-5-4-14-36(38)37-15-6-7-17-39(37)43(40)28-35)33-22-20-30(21-23-33)34-24-27-41-42-18-8-12-31-13-9-19-44(46(31)42)53-45(41)29-34/h1-29H. The second-order valence-electron chi connectivity index (χ2n) is 13.6. The van der Waals surface area contributed by atoms with E-state index in [4.69, 9.17) is 19.7 Å². The molecule has 246 valence electrons. The summed E-state index contributed by atoms with van der Waals surface area (Å²) in [5.74, 6) is 3.66. The minimum atomic E-state index is 0.627. The molecule has 9 aromatic carbocycles. The topological polar surface area (TPSA) is 47.9 Å². The van der Waals surface area contributed by atoms with Crippen LogP contribution in [0.15, 0.2) is 176 Å². The highest BCUT2D eigenvalue weighted by atomic mass is 16.5. The maximum Gasteiger partial charge on any atom is 0.164 e. The lowest BCUT2D eigenvalue weighted by molar-refractivity contribution is 0.487. The van der Waals surface area contributed by atoms with Gasteiger partial charge in [-0.2, -0.15) is 0 Å². The van der Waals surface area contributed by atoms with E-state index >= 15 is 0 Å². The van der Waals surface area contributed by atoms with E-state index in [0.29, 0.717) is 17.5 Å². The van der Waals surface area contributed by atoms with Gasteiger partial charge in [-0.25, -0.2) is 15.0 Å². The quantitative estimate of drug-likeness (QED) is 0.174. The summed E-state index contributed by atoms with van der Waals surface area (Å²) in [6, 6.07) is 61.6. The molecule has 0 saturated heterocycles. The largest absolute Gasteiger partial charge is 0.456 e. The Morgan fingerprint density at radius 2 is 0.830 bits per heavy atom. The van der Waals surface area contributed by atoms with Crippen LogP contribution in [0.1, 0.15) is 0 Å². The van der Waals surface area contributed by atoms with E-state index in [9.17, 15) is 0 Å². The van der Waals surface area contributed by atoms with Crippen molar-refractivity contribution >= 4 is 43.1 Å². The van der Waals surface area contributed by atoms with Crippen molar-refractivity contribution in [1.82, 2.24) is 15.0 Å². The van der Waals surface area contributed by atoms with Gasteiger partial charge in [0.25, 0.3) is 0 Å². The van der Waals surface area contributed by atoms with Crippen LogP contribution in [-0.2, 0) is 0 Å². The molecule has 1 aliphatic heterocycles. The van der Waals surface area contributed by atoms with Gasteiger partial charge in [0.05, 0.1) is 0 Å². The zero-order valence-electron chi connectivity index (χ0n) is 28.5. The lowest BCUT2D eigenvalue weighted by Gasteiger charge is -2.22. The predicted octanol–water partition coefficient (Wildman–Crippen LogP) is 12.9. The maximum absolute atomic E-state index is 6.46. The molecular weight excluding hydrogens is 647 g/mol. The number of benzene rings is 9. The second-order valence-corrected chi connectivity index (χ2v) is 13.6. The molecule has 0 unspecified atom stereocenters. The van der Waals surface area contributed by atoms with Gasteiger partial charge in [0.1, 0.15) is 11.5 Å². The van der Waals surface area contributed by atoms with Gasteiger partial charge in [-0.1, -0.05) is 152 Å². The third-order valence-electron chi connectivity index (χ3n) is 10.5. The predicted molar refractivity (Wildman–Crippen MR) is 217 cm³/mol. The summed E-state index contributed by atoms with van der Waals surface area (Å²) in [6.07, 6.45) is 0. The molecule has 0 fully saturated rings. The van der Waals surface area contributed by atoms with Crippen molar-refractivity contribution in [3.8, 4) is 67.9 Å². The number of rotatable bonds is 4. The van der Waals surface area contributed by atoms with Crippen molar-refractivity contribution < 1.29 is 4.74 Å². The molecule has 0 saturated carbocycles. The summed E-state index contributed by atoms with van der Waals surface area (Å²) >= 11 is 0. The third-order valence-corrected chi connectivity index (χ3v) is 10.5. The van der Waals surface area contributed by atoms with E-state index in [1.165, 1.54) is 43.3 Å². The van der Waals surface area contributed by atoms with Crippen LogP contribution in [-0.4, -0.2) is 15.0 Å². The van der Waals surface area contributed by atoms with Gasteiger partial charge in [-0.3, -0.25) is 0 Å². The minimum absolute atomic E-state index is 0.627. The molecule has 0 spiro atoms. The molecule has 1 aromatic heterocycles. The lowest BCUT2D eigenvalue weighted by Crippen LogP contribution is -2.00. The van der Waals surface area contributed by atoms with Crippen LogP contribution < -0.4 is 4.74 Å². The Morgan fingerprint density at radius 3 is 1.53 bits per heavy atom. The van der Waals surface area contributed by atoms with Crippen molar-refractivity contribution in [2.75, 3.05) is 0 Å². The van der Waals surface area contributed by atoms with E-state index in [2.05, 4.69) is 140 Å². The van der Waals surface area contributed by atoms with Crippen molar-refractivity contribution in [3.63, 3.8) is 0 Å². The van der Waals surface area contributed by atoms with Crippen molar-refractivity contribution in [2.45, 2.75) is 0 Å². The van der Waals surface area contributed by atoms with E-state index < -0.39 is 0 Å². The fourth-order valence-electron chi connectivity index (χ4n) is 7.95. The highest BCUT2D eigenvalue weighted by Crippen LogP contribution is 2.47. The number of hydrogen-bond acceptors (Lipinski definition) is 4. The van der Waals surface area contributed by atoms with E-state index in [0.717, 1.165) is 50.3 Å². The molecule has 0 atom stereocenters. The molecule has 0 aliphatic carbocycles. The Hall–Kier alpha value is -7.17. The zero-order chi connectivity index (χ0) is 34.9. The van der Waals surface area contributed by atoms with Gasteiger partial charge >= 0.3 is 0 Å². The SMILES string of the molecule is c1ccc(-c2nc(-c3ccc(-c4ccc5c(c4)Oc4cccc6cccc-5c46)cc3)nc(-c3ccc4c5ccccc5c5ccccc5c4c3)n2)cc1. The second kappa shape index (κ2) is 11.7. The van der Waals surface area contributed by atoms with Crippen LogP contribution in [0.5, 0.6) is 11.5 Å². The number of aromatic nitrogens is 3. The first-order valence-electron chi connectivity index (χ1n) is 17.9. The first-order valence-corrected chi connectivity index (χ1v) is 17.9. The van der Waals surface area contributed by atoms with Crippen LogP contribution in [0.4, 0.5) is 0 Å². The van der Waals surface area contributed by atoms with Crippen molar-refractivity contribution in [1.29, 1.82) is 0 Å². The van der Waals surface area contributed by atoms with Gasteiger partial charge in [-0.15, -0.1) is 0 Å². The highest BCUT2D eigenvalue weighted by Gasteiger charge is 2.21.